The first kappa shape index (κ1) is 19.2. The predicted octanol–water partition coefficient (Wildman–Crippen LogP) is 2.63. The van der Waals surface area contributed by atoms with Crippen molar-refractivity contribution >= 4 is 35.6 Å². The highest BCUT2D eigenvalue weighted by Gasteiger charge is 2.04. The molecule has 25 heavy (non-hydrogen) atoms. The number of nitrogens with zero attached hydrogens (tertiary/aromatic N) is 4. The molecule has 0 radical (unpaired) electrons. The van der Waals surface area contributed by atoms with Crippen LogP contribution < -0.4 is 10.6 Å². The van der Waals surface area contributed by atoms with Crippen LogP contribution in [0, 0.1) is 0 Å². The minimum Gasteiger partial charge on any atom is -0.467 e. The average Bonchev–Trinajstić information content (AvgIpc) is 3.26. The first-order valence-corrected chi connectivity index (χ1v) is 8.20. The first-order chi connectivity index (χ1) is 11.9. The van der Waals surface area contributed by atoms with E-state index in [1.807, 2.05) is 47.9 Å². The number of halogens is 1. The fourth-order valence-electron chi connectivity index (χ4n) is 2.42. The standard InChI is InChI=1S/C17H22N6O.HI/c1-2-18-17(20-13-14-7-6-12-24-14)19-10-5-9-16-22-21-15-8-3-4-11-23(15)16;/h3-4,6-8,11-12H,2,5,9-10,13H2,1H3,(H2,18,19,20);1H. The Bertz CT molecular complexity index is 783. The van der Waals surface area contributed by atoms with Crippen molar-refractivity contribution in [1.29, 1.82) is 0 Å². The lowest BCUT2D eigenvalue weighted by atomic mass is 10.3. The van der Waals surface area contributed by atoms with Gasteiger partial charge in [0, 0.05) is 25.7 Å². The number of furan rings is 1. The van der Waals surface area contributed by atoms with E-state index in [1.54, 1.807) is 6.26 Å². The van der Waals surface area contributed by atoms with Gasteiger partial charge in [-0.3, -0.25) is 4.40 Å². The Balaban J connectivity index is 0.00000225. The zero-order chi connectivity index (χ0) is 16.6. The summed E-state index contributed by atoms with van der Waals surface area (Å²) < 4.78 is 7.32. The molecule has 0 atom stereocenters. The van der Waals surface area contributed by atoms with Crippen LogP contribution in [-0.2, 0) is 13.0 Å². The van der Waals surface area contributed by atoms with Crippen LogP contribution in [0.1, 0.15) is 24.9 Å². The smallest absolute Gasteiger partial charge is 0.191 e. The minimum atomic E-state index is 0. The molecule has 0 saturated carbocycles. The van der Waals surface area contributed by atoms with Gasteiger partial charge in [-0.1, -0.05) is 6.07 Å². The molecular weight excluding hydrogens is 431 g/mol. The van der Waals surface area contributed by atoms with Gasteiger partial charge in [-0.05, 0) is 37.6 Å². The zero-order valence-electron chi connectivity index (χ0n) is 14.2. The Morgan fingerprint density at radius 3 is 2.92 bits per heavy atom. The van der Waals surface area contributed by atoms with Crippen LogP contribution >= 0.6 is 24.0 Å². The van der Waals surface area contributed by atoms with Gasteiger partial charge >= 0.3 is 0 Å². The van der Waals surface area contributed by atoms with Crippen molar-refractivity contribution in [3.63, 3.8) is 0 Å². The molecule has 134 valence electrons. The van der Waals surface area contributed by atoms with E-state index in [4.69, 9.17) is 4.42 Å². The normalized spacial score (nSPS) is 11.3. The quantitative estimate of drug-likeness (QED) is 0.248. The summed E-state index contributed by atoms with van der Waals surface area (Å²) in [4.78, 5) is 4.51. The van der Waals surface area contributed by atoms with Crippen molar-refractivity contribution in [2.75, 3.05) is 13.1 Å². The Kier molecular flexibility index (Phi) is 7.71. The molecule has 0 saturated heterocycles. The number of hydrogen-bond donors (Lipinski definition) is 2. The highest BCUT2D eigenvalue weighted by Crippen LogP contribution is 2.05. The summed E-state index contributed by atoms with van der Waals surface area (Å²) in [6.07, 6.45) is 5.46. The van der Waals surface area contributed by atoms with Crippen molar-refractivity contribution in [3.8, 4) is 0 Å². The second-order valence-electron chi connectivity index (χ2n) is 5.35. The molecule has 8 heteroatoms. The summed E-state index contributed by atoms with van der Waals surface area (Å²) in [5.74, 6) is 2.62. The van der Waals surface area contributed by atoms with Gasteiger partial charge in [0.2, 0.25) is 0 Å². The van der Waals surface area contributed by atoms with E-state index < -0.39 is 0 Å². The van der Waals surface area contributed by atoms with Gasteiger partial charge in [0.25, 0.3) is 0 Å². The topological polar surface area (TPSA) is 79.8 Å². The van der Waals surface area contributed by atoms with Gasteiger partial charge in [0.05, 0.1) is 6.26 Å². The number of nitrogens with one attached hydrogen (secondary N) is 2. The number of rotatable bonds is 7. The molecule has 3 rings (SSSR count). The molecule has 3 aromatic heterocycles. The van der Waals surface area contributed by atoms with Crippen molar-refractivity contribution in [2.45, 2.75) is 26.3 Å². The van der Waals surface area contributed by atoms with E-state index in [-0.39, 0.29) is 24.0 Å². The largest absolute Gasteiger partial charge is 0.467 e. The van der Waals surface area contributed by atoms with Crippen molar-refractivity contribution in [3.05, 3.63) is 54.4 Å². The first-order valence-electron chi connectivity index (χ1n) is 8.20. The van der Waals surface area contributed by atoms with Gasteiger partial charge in [-0.25, -0.2) is 4.99 Å². The third-order valence-electron chi connectivity index (χ3n) is 3.57. The maximum absolute atomic E-state index is 5.30. The van der Waals surface area contributed by atoms with Crippen LogP contribution in [0.15, 0.2) is 52.2 Å². The lowest BCUT2D eigenvalue weighted by Crippen LogP contribution is -2.37. The third kappa shape index (κ3) is 5.45. The highest BCUT2D eigenvalue weighted by atomic mass is 127. The molecule has 2 N–H and O–H groups in total. The number of guanidine groups is 1. The van der Waals surface area contributed by atoms with Gasteiger partial charge in [-0.2, -0.15) is 0 Å². The van der Waals surface area contributed by atoms with Crippen LogP contribution in [0.25, 0.3) is 5.65 Å². The molecule has 0 aromatic carbocycles. The van der Waals surface area contributed by atoms with Gasteiger partial charge < -0.3 is 15.1 Å². The predicted molar refractivity (Wildman–Crippen MR) is 108 cm³/mol. The molecule has 0 aliphatic heterocycles. The van der Waals surface area contributed by atoms with E-state index in [1.165, 1.54) is 0 Å². The maximum Gasteiger partial charge on any atom is 0.191 e. The molecule has 0 unspecified atom stereocenters. The Hall–Kier alpha value is -2.10. The van der Waals surface area contributed by atoms with Crippen LogP contribution in [0.4, 0.5) is 0 Å². The molecule has 0 spiro atoms. The lowest BCUT2D eigenvalue weighted by Gasteiger charge is -2.10. The summed E-state index contributed by atoms with van der Waals surface area (Å²) in [7, 11) is 0. The SMILES string of the molecule is CCNC(=NCc1ccco1)NCCCc1nnc2ccccn12.I. The Morgan fingerprint density at radius 2 is 2.12 bits per heavy atom. The molecule has 0 aliphatic rings. The van der Waals surface area contributed by atoms with Crippen molar-refractivity contribution in [1.82, 2.24) is 25.2 Å². The number of hydrogen-bond acceptors (Lipinski definition) is 4. The van der Waals surface area contributed by atoms with E-state index in [9.17, 15) is 0 Å². The van der Waals surface area contributed by atoms with Gasteiger partial charge in [0.15, 0.2) is 11.6 Å². The summed E-state index contributed by atoms with van der Waals surface area (Å²) in [6, 6.07) is 9.70. The van der Waals surface area contributed by atoms with Crippen molar-refractivity contribution in [2.24, 2.45) is 4.99 Å². The zero-order valence-corrected chi connectivity index (χ0v) is 16.5. The van der Waals surface area contributed by atoms with Crippen LogP contribution in [0.2, 0.25) is 0 Å². The maximum atomic E-state index is 5.30. The van der Waals surface area contributed by atoms with E-state index in [0.717, 1.165) is 49.1 Å². The third-order valence-corrected chi connectivity index (χ3v) is 3.57. The summed E-state index contributed by atoms with van der Waals surface area (Å²) in [6.45, 7) is 4.20. The molecule has 0 aliphatic carbocycles. The number of aryl methyl sites for hydroxylation is 1. The molecule has 3 heterocycles. The Labute approximate surface area is 164 Å². The number of aliphatic imine (C=N–C) groups is 1. The Morgan fingerprint density at radius 1 is 1.20 bits per heavy atom. The van der Waals surface area contributed by atoms with Crippen LogP contribution in [0.5, 0.6) is 0 Å². The van der Waals surface area contributed by atoms with Crippen LogP contribution in [-0.4, -0.2) is 33.6 Å². The average molecular weight is 454 g/mol. The fourth-order valence-corrected chi connectivity index (χ4v) is 2.42. The van der Waals surface area contributed by atoms with Gasteiger partial charge in [0.1, 0.15) is 18.1 Å². The monoisotopic (exact) mass is 454 g/mol. The number of fused-ring (bicyclic) bond motifs is 1. The molecule has 3 aromatic rings. The molecule has 7 nitrogen and oxygen atoms in total. The molecular formula is C17H23IN6O. The second kappa shape index (κ2) is 10.0. The van der Waals surface area contributed by atoms with Crippen LogP contribution in [0.3, 0.4) is 0 Å². The van der Waals surface area contributed by atoms with Crippen molar-refractivity contribution < 1.29 is 4.42 Å². The molecule has 0 amide bonds. The molecule has 0 bridgehead atoms. The fraction of sp³-hybridized carbons (Fsp3) is 0.353. The van der Waals surface area contributed by atoms with E-state index in [0.29, 0.717) is 6.54 Å². The lowest BCUT2D eigenvalue weighted by molar-refractivity contribution is 0.512. The minimum absolute atomic E-state index is 0. The highest BCUT2D eigenvalue weighted by molar-refractivity contribution is 14.0. The number of pyridine rings is 1. The summed E-state index contributed by atoms with van der Waals surface area (Å²) in [5, 5.41) is 15.0. The second-order valence-corrected chi connectivity index (χ2v) is 5.35. The van der Waals surface area contributed by atoms with Gasteiger partial charge in [-0.15, -0.1) is 34.2 Å². The van der Waals surface area contributed by atoms with E-state index in [2.05, 4.69) is 25.8 Å². The molecule has 0 fully saturated rings. The van der Waals surface area contributed by atoms with E-state index >= 15 is 0 Å². The summed E-state index contributed by atoms with van der Waals surface area (Å²) in [5.41, 5.74) is 0.883. The summed E-state index contributed by atoms with van der Waals surface area (Å²) >= 11 is 0. The number of aromatic nitrogens is 3.